The Morgan fingerprint density at radius 3 is 2.29 bits per heavy atom. The van der Waals surface area contributed by atoms with Gasteiger partial charge in [-0.25, -0.2) is 0 Å². The summed E-state index contributed by atoms with van der Waals surface area (Å²) in [6, 6.07) is 14.9. The van der Waals surface area contributed by atoms with Gasteiger partial charge in [0.2, 0.25) is 5.91 Å². The largest absolute Gasteiger partial charge is 0.352 e. The summed E-state index contributed by atoms with van der Waals surface area (Å²) in [5.74, 6) is -2.98. The third-order valence-corrected chi connectivity index (χ3v) is 3.76. The first-order valence-corrected chi connectivity index (χ1v) is 8.10. The van der Waals surface area contributed by atoms with Crippen LogP contribution in [-0.2, 0) is 4.79 Å². The number of amides is 2. The van der Waals surface area contributed by atoms with Crippen molar-refractivity contribution < 1.29 is 18.4 Å². The monoisotopic (exact) mass is 350 g/mol. The number of carbonyl (C=O) groups is 2. The molecule has 2 N–H and O–H groups in total. The van der Waals surface area contributed by atoms with Crippen LogP contribution in [0.15, 0.2) is 59.5 Å². The molecule has 2 rings (SSSR count). The topological polar surface area (TPSA) is 58.2 Å². The molecule has 0 spiro atoms. The molecular weight excluding hydrogens is 334 g/mol. The standard InChI is InChI=1S/C17H16F2N2O2S/c18-17(19)24-14-8-6-13(7-9-14)21-15(22)10-11-20-16(23)12-4-2-1-3-5-12/h1-9,17H,10-11H2,(H,20,23)(H,21,22). The molecule has 7 heteroatoms. The van der Waals surface area contributed by atoms with E-state index >= 15 is 0 Å². The summed E-state index contributed by atoms with van der Waals surface area (Å²) >= 11 is 0.447. The molecule has 0 unspecified atom stereocenters. The second-order valence-electron chi connectivity index (χ2n) is 4.82. The van der Waals surface area contributed by atoms with Gasteiger partial charge in [-0.1, -0.05) is 30.0 Å². The average Bonchev–Trinajstić information content (AvgIpc) is 2.57. The van der Waals surface area contributed by atoms with Crippen LogP contribution in [0.1, 0.15) is 16.8 Å². The average molecular weight is 350 g/mol. The van der Waals surface area contributed by atoms with Crippen LogP contribution in [0, 0.1) is 0 Å². The zero-order valence-corrected chi connectivity index (χ0v) is 13.5. The Morgan fingerprint density at radius 1 is 1.00 bits per heavy atom. The lowest BCUT2D eigenvalue weighted by molar-refractivity contribution is -0.116. The van der Waals surface area contributed by atoms with E-state index in [1.165, 1.54) is 12.1 Å². The molecule has 0 aliphatic heterocycles. The molecule has 4 nitrogen and oxygen atoms in total. The summed E-state index contributed by atoms with van der Waals surface area (Å²) in [5.41, 5.74) is 1.05. The molecule has 2 amide bonds. The predicted molar refractivity (Wildman–Crippen MR) is 90.3 cm³/mol. The molecule has 0 saturated carbocycles. The van der Waals surface area contributed by atoms with Crippen LogP contribution in [0.5, 0.6) is 0 Å². The molecule has 0 radical (unpaired) electrons. The maximum Gasteiger partial charge on any atom is 0.288 e. The van der Waals surface area contributed by atoms with E-state index in [2.05, 4.69) is 10.6 Å². The molecule has 0 saturated heterocycles. The normalized spacial score (nSPS) is 10.5. The molecule has 24 heavy (non-hydrogen) atoms. The lowest BCUT2D eigenvalue weighted by Crippen LogP contribution is -2.27. The van der Waals surface area contributed by atoms with Gasteiger partial charge >= 0.3 is 0 Å². The first-order chi connectivity index (χ1) is 11.5. The Kier molecular flexibility index (Phi) is 6.74. The molecule has 126 valence electrons. The molecular formula is C17H16F2N2O2S. The smallest absolute Gasteiger partial charge is 0.288 e. The van der Waals surface area contributed by atoms with Gasteiger partial charge in [-0.05, 0) is 36.4 Å². The summed E-state index contributed by atoms with van der Waals surface area (Å²) in [7, 11) is 0. The number of benzene rings is 2. The van der Waals surface area contributed by atoms with Crippen molar-refractivity contribution in [3.05, 3.63) is 60.2 Å². The molecule has 0 aliphatic rings. The minimum atomic E-state index is -2.47. The predicted octanol–water partition coefficient (Wildman–Crippen LogP) is 3.76. The minimum Gasteiger partial charge on any atom is -0.352 e. The van der Waals surface area contributed by atoms with Crippen molar-refractivity contribution in [3.63, 3.8) is 0 Å². The van der Waals surface area contributed by atoms with Crippen molar-refractivity contribution in [2.75, 3.05) is 11.9 Å². The van der Waals surface area contributed by atoms with Crippen molar-refractivity contribution in [2.24, 2.45) is 0 Å². The summed E-state index contributed by atoms with van der Waals surface area (Å²) in [4.78, 5) is 24.0. The Balaban J connectivity index is 1.74. The van der Waals surface area contributed by atoms with E-state index in [9.17, 15) is 18.4 Å². The Labute approximate surface area is 142 Å². The fraction of sp³-hybridized carbons (Fsp3) is 0.176. The van der Waals surface area contributed by atoms with Crippen LogP contribution in [0.2, 0.25) is 0 Å². The summed E-state index contributed by atoms with van der Waals surface area (Å²) in [6.07, 6.45) is 0.117. The Morgan fingerprint density at radius 2 is 1.67 bits per heavy atom. The van der Waals surface area contributed by atoms with Crippen molar-refractivity contribution >= 4 is 29.3 Å². The number of hydrogen-bond acceptors (Lipinski definition) is 3. The van der Waals surface area contributed by atoms with Crippen LogP contribution in [0.3, 0.4) is 0 Å². The number of nitrogens with one attached hydrogen (secondary N) is 2. The SMILES string of the molecule is O=C(CCNC(=O)c1ccccc1)Nc1ccc(SC(F)F)cc1. The highest BCUT2D eigenvalue weighted by Gasteiger charge is 2.08. The highest BCUT2D eigenvalue weighted by Crippen LogP contribution is 2.26. The molecule has 0 fully saturated rings. The maximum absolute atomic E-state index is 12.2. The van der Waals surface area contributed by atoms with E-state index in [1.807, 2.05) is 6.07 Å². The lowest BCUT2D eigenvalue weighted by atomic mass is 10.2. The van der Waals surface area contributed by atoms with Gasteiger partial charge in [-0.2, -0.15) is 8.78 Å². The van der Waals surface area contributed by atoms with E-state index < -0.39 is 5.76 Å². The first-order valence-electron chi connectivity index (χ1n) is 7.22. The van der Waals surface area contributed by atoms with Crippen LogP contribution >= 0.6 is 11.8 Å². The first kappa shape index (κ1) is 17.9. The number of rotatable bonds is 7. The van der Waals surface area contributed by atoms with Crippen molar-refractivity contribution in [1.29, 1.82) is 0 Å². The van der Waals surface area contributed by atoms with E-state index in [4.69, 9.17) is 0 Å². The van der Waals surface area contributed by atoms with Crippen molar-refractivity contribution in [3.8, 4) is 0 Å². The minimum absolute atomic E-state index is 0.117. The Hall–Kier alpha value is -2.41. The fourth-order valence-electron chi connectivity index (χ4n) is 1.92. The summed E-state index contributed by atoms with van der Waals surface area (Å²) in [6.45, 7) is 0.207. The number of halogens is 2. The van der Waals surface area contributed by atoms with Gasteiger partial charge in [0.1, 0.15) is 0 Å². The molecule has 2 aromatic carbocycles. The quantitative estimate of drug-likeness (QED) is 0.748. The van der Waals surface area contributed by atoms with E-state index in [1.54, 1.807) is 36.4 Å². The van der Waals surface area contributed by atoms with Gasteiger partial charge in [-0.15, -0.1) is 0 Å². The number of alkyl halides is 2. The number of anilines is 1. The second kappa shape index (κ2) is 9.02. The third kappa shape index (κ3) is 6.00. The lowest BCUT2D eigenvalue weighted by Gasteiger charge is -2.07. The molecule has 0 aromatic heterocycles. The van der Waals surface area contributed by atoms with Gasteiger partial charge in [0.25, 0.3) is 11.7 Å². The van der Waals surface area contributed by atoms with E-state index in [-0.39, 0.29) is 24.8 Å². The third-order valence-electron chi connectivity index (χ3n) is 3.04. The molecule has 0 bridgehead atoms. The van der Waals surface area contributed by atoms with E-state index in [0.717, 1.165) is 0 Å². The van der Waals surface area contributed by atoms with Crippen molar-refractivity contribution in [2.45, 2.75) is 17.1 Å². The highest BCUT2D eigenvalue weighted by molar-refractivity contribution is 7.99. The van der Waals surface area contributed by atoms with Gasteiger partial charge in [0, 0.05) is 29.1 Å². The van der Waals surface area contributed by atoms with E-state index in [0.29, 0.717) is 27.9 Å². The molecule has 0 atom stereocenters. The summed E-state index contributed by atoms with van der Waals surface area (Å²) < 4.78 is 24.4. The fourth-order valence-corrected chi connectivity index (χ4v) is 2.42. The van der Waals surface area contributed by atoms with Crippen LogP contribution in [0.4, 0.5) is 14.5 Å². The van der Waals surface area contributed by atoms with Gasteiger partial charge in [-0.3, -0.25) is 9.59 Å². The van der Waals surface area contributed by atoms with Crippen LogP contribution in [0.25, 0.3) is 0 Å². The van der Waals surface area contributed by atoms with Crippen LogP contribution in [-0.4, -0.2) is 24.1 Å². The molecule has 2 aromatic rings. The molecule has 0 heterocycles. The van der Waals surface area contributed by atoms with Gasteiger partial charge in [0.15, 0.2) is 0 Å². The maximum atomic E-state index is 12.2. The van der Waals surface area contributed by atoms with Gasteiger partial charge < -0.3 is 10.6 Å². The summed E-state index contributed by atoms with van der Waals surface area (Å²) in [5, 5.41) is 5.31. The van der Waals surface area contributed by atoms with Crippen molar-refractivity contribution in [1.82, 2.24) is 5.32 Å². The number of hydrogen-bond donors (Lipinski definition) is 2. The Bertz CT molecular complexity index is 679. The number of thioether (sulfide) groups is 1. The number of carbonyl (C=O) groups excluding carboxylic acids is 2. The zero-order valence-electron chi connectivity index (χ0n) is 12.7. The molecule has 0 aliphatic carbocycles. The van der Waals surface area contributed by atoms with Crippen LogP contribution < -0.4 is 10.6 Å². The van der Waals surface area contributed by atoms with Gasteiger partial charge in [0.05, 0.1) is 0 Å². The zero-order chi connectivity index (χ0) is 17.4. The second-order valence-corrected chi connectivity index (χ2v) is 5.89. The highest BCUT2D eigenvalue weighted by atomic mass is 32.2.